The Morgan fingerprint density at radius 1 is 1.06 bits per heavy atom. The van der Waals surface area contributed by atoms with Crippen molar-refractivity contribution in [2.75, 3.05) is 19.6 Å². The smallest absolute Gasteiger partial charge is 0.253 e. The van der Waals surface area contributed by atoms with Crippen LogP contribution in [0.15, 0.2) is 66.3 Å². The summed E-state index contributed by atoms with van der Waals surface area (Å²) in [7, 11) is 0. The first-order valence-electron chi connectivity index (χ1n) is 10.7. The standard InChI is InChI=1S/C25H27N3O2S/c1-2-27-24(30)25(18-20-6-3-4-7-21(20)22-8-5-17-31-22)11-15-28(16-12-25)23(29)19-9-13-26-14-10-19/h3-10,13-14,17H,2,11-12,15-16,18H2,1H3,(H,27,30). The van der Waals surface area contributed by atoms with Crippen LogP contribution in [0, 0.1) is 5.41 Å². The van der Waals surface area contributed by atoms with Gasteiger partial charge in [0, 0.05) is 42.5 Å². The Bertz CT molecular complexity index is 1030. The molecular formula is C25H27N3O2S. The van der Waals surface area contributed by atoms with Gasteiger partial charge in [0.05, 0.1) is 5.41 Å². The zero-order valence-electron chi connectivity index (χ0n) is 17.7. The van der Waals surface area contributed by atoms with Crippen molar-refractivity contribution in [3.8, 4) is 10.4 Å². The van der Waals surface area contributed by atoms with Crippen LogP contribution in [0.4, 0.5) is 0 Å². The van der Waals surface area contributed by atoms with Crippen molar-refractivity contribution in [2.45, 2.75) is 26.2 Å². The van der Waals surface area contributed by atoms with E-state index >= 15 is 0 Å². The molecule has 5 nitrogen and oxygen atoms in total. The predicted molar refractivity (Wildman–Crippen MR) is 124 cm³/mol. The van der Waals surface area contributed by atoms with E-state index in [4.69, 9.17) is 0 Å². The predicted octanol–water partition coefficient (Wildman–Crippen LogP) is 4.41. The second-order valence-corrected chi connectivity index (χ2v) is 8.93. The largest absolute Gasteiger partial charge is 0.356 e. The van der Waals surface area contributed by atoms with Gasteiger partial charge in [0.1, 0.15) is 0 Å². The number of pyridine rings is 1. The van der Waals surface area contributed by atoms with Crippen LogP contribution in [0.25, 0.3) is 10.4 Å². The maximum absolute atomic E-state index is 13.2. The molecule has 160 valence electrons. The molecule has 1 aliphatic heterocycles. The summed E-state index contributed by atoms with van der Waals surface area (Å²) in [5.41, 5.74) is 2.50. The molecule has 2 amide bonds. The van der Waals surface area contributed by atoms with Crippen LogP contribution < -0.4 is 5.32 Å². The highest BCUT2D eigenvalue weighted by atomic mass is 32.1. The maximum atomic E-state index is 13.2. The highest BCUT2D eigenvalue weighted by Crippen LogP contribution is 2.39. The van der Waals surface area contributed by atoms with Crippen LogP contribution in [-0.4, -0.2) is 41.3 Å². The summed E-state index contributed by atoms with van der Waals surface area (Å²) in [6, 6.07) is 16.0. The van der Waals surface area contributed by atoms with Gasteiger partial charge in [0.25, 0.3) is 5.91 Å². The van der Waals surface area contributed by atoms with Crippen molar-refractivity contribution in [3.05, 3.63) is 77.4 Å². The second kappa shape index (κ2) is 9.43. The van der Waals surface area contributed by atoms with Gasteiger partial charge in [0.2, 0.25) is 5.91 Å². The summed E-state index contributed by atoms with van der Waals surface area (Å²) in [6.07, 6.45) is 5.24. The van der Waals surface area contributed by atoms with E-state index in [9.17, 15) is 9.59 Å². The highest BCUT2D eigenvalue weighted by Gasteiger charge is 2.42. The zero-order valence-corrected chi connectivity index (χ0v) is 18.5. The van der Waals surface area contributed by atoms with E-state index in [2.05, 4.69) is 39.9 Å². The van der Waals surface area contributed by atoms with E-state index < -0.39 is 5.41 Å². The monoisotopic (exact) mass is 433 g/mol. The molecule has 2 aromatic heterocycles. The molecule has 1 fully saturated rings. The summed E-state index contributed by atoms with van der Waals surface area (Å²) in [4.78, 5) is 33.2. The number of aromatic nitrogens is 1. The summed E-state index contributed by atoms with van der Waals surface area (Å²) in [5, 5.41) is 5.14. The molecule has 1 aliphatic rings. The van der Waals surface area contributed by atoms with E-state index in [0.29, 0.717) is 44.5 Å². The fourth-order valence-corrected chi connectivity index (χ4v) is 5.15. The van der Waals surface area contributed by atoms with Gasteiger partial charge in [-0.25, -0.2) is 0 Å². The minimum Gasteiger partial charge on any atom is -0.356 e. The summed E-state index contributed by atoms with van der Waals surface area (Å²) >= 11 is 1.71. The Labute approximate surface area is 187 Å². The molecule has 31 heavy (non-hydrogen) atoms. The maximum Gasteiger partial charge on any atom is 0.253 e. The third-order valence-electron chi connectivity index (χ3n) is 6.09. The fraction of sp³-hybridized carbons (Fsp3) is 0.320. The summed E-state index contributed by atoms with van der Waals surface area (Å²) < 4.78 is 0. The van der Waals surface area contributed by atoms with E-state index in [1.807, 2.05) is 24.0 Å². The SMILES string of the molecule is CCNC(=O)C1(Cc2ccccc2-c2cccs2)CCN(C(=O)c2ccncc2)CC1. The van der Waals surface area contributed by atoms with E-state index in [1.54, 1.807) is 35.9 Å². The number of likely N-dealkylation sites (tertiary alicyclic amines) is 1. The number of thiophene rings is 1. The molecule has 0 spiro atoms. The molecule has 0 bridgehead atoms. The normalized spacial score (nSPS) is 15.5. The van der Waals surface area contributed by atoms with Crippen LogP contribution in [-0.2, 0) is 11.2 Å². The van der Waals surface area contributed by atoms with E-state index in [1.165, 1.54) is 16.0 Å². The molecule has 3 heterocycles. The lowest BCUT2D eigenvalue weighted by Gasteiger charge is -2.41. The Balaban J connectivity index is 1.57. The fourth-order valence-electron chi connectivity index (χ4n) is 4.36. The molecule has 4 rings (SSSR count). The van der Waals surface area contributed by atoms with E-state index in [0.717, 1.165) is 0 Å². The van der Waals surface area contributed by atoms with Crippen molar-refractivity contribution < 1.29 is 9.59 Å². The quantitative estimate of drug-likeness (QED) is 0.626. The molecule has 0 aliphatic carbocycles. The number of nitrogens with zero attached hydrogens (tertiary/aromatic N) is 2. The number of piperidine rings is 1. The average molecular weight is 434 g/mol. The molecule has 0 unspecified atom stereocenters. The van der Waals surface area contributed by atoms with Crippen molar-refractivity contribution >= 4 is 23.2 Å². The number of hydrogen-bond donors (Lipinski definition) is 1. The first kappa shape index (κ1) is 21.2. The van der Waals surface area contributed by atoms with Crippen LogP contribution in [0.3, 0.4) is 0 Å². The van der Waals surface area contributed by atoms with Gasteiger partial charge in [-0.2, -0.15) is 0 Å². The molecule has 0 saturated carbocycles. The summed E-state index contributed by atoms with van der Waals surface area (Å²) in [6.45, 7) is 3.69. The minimum absolute atomic E-state index is 0.00545. The third-order valence-corrected chi connectivity index (χ3v) is 6.99. The van der Waals surface area contributed by atoms with Crippen molar-refractivity contribution in [3.63, 3.8) is 0 Å². The lowest BCUT2D eigenvalue weighted by Crippen LogP contribution is -2.51. The second-order valence-electron chi connectivity index (χ2n) is 7.98. The number of carbonyl (C=O) groups is 2. The molecule has 1 N–H and O–H groups in total. The zero-order chi connectivity index (χ0) is 21.7. The average Bonchev–Trinajstić information content (AvgIpc) is 3.35. The van der Waals surface area contributed by atoms with Gasteiger partial charge in [-0.3, -0.25) is 14.6 Å². The number of hydrogen-bond acceptors (Lipinski definition) is 4. The Hall–Kier alpha value is -2.99. The van der Waals surface area contributed by atoms with Gasteiger partial charge in [0.15, 0.2) is 0 Å². The number of amides is 2. The van der Waals surface area contributed by atoms with Crippen LogP contribution in [0.2, 0.25) is 0 Å². The van der Waals surface area contributed by atoms with Gasteiger partial charge >= 0.3 is 0 Å². The Morgan fingerprint density at radius 3 is 2.48 bits per heavy atom. The molecule has 1 aromatic carbocycles. The highest BCUT2D eigenvalue weighted by molar-refractivity contribution is 7.13. The molecule has 1 saturated heterocycles. The number of benzene rings is 1. The first-order chi connectivity index (χ1) is 15.1. The van der Waals surface area contributed by atoms with Crippen LogP contribution >= 0.6 is 11.3 Å². The topological polar surface area (TPSA) is 62.3 Å². The molecule has 0 radical (unpaired) electrons. The molecule has 3 aromatic rings. The van der Waals surface area contributed by atoms with Crippen molar-refractivity contribution in [2.24, 2.45) is 5.41 Å². The van der Waals surface area contributed by atoms with Gasteiger partial charge < -0.3 is 10.2 Å². The number of nitrogens with one attached hydrogen (secondary N) is 1. The minimum atomic E-state index is -0.515. The lowest BCUT2D eigenvalue weighted by atomic mass is 9.72. The molecule has 6 heteroatoms. The van der Waals surface area contributed by atoms with Gasteiger partial charge in [-0.1, -0.05) is 30.3 Å². The van der Waals surface area contributed by atoms with E-state index in [-0.39, 0.29) is 11.8 Å². The van der Waals surface area contributed by atoms with Crippen LogP contribution in [0.5, 0.6) is 0 Å². The third kappa shape index (κ3) is 4.54. The summed E-state index contributed by atoms with van der Waals surface area (Å²) in [5.74, 6) is 0.0953. The number of rotatable bonds is 6. The van der Waals surface area contributed by atoms with Crippen LogP contribution in [0.1, 0.15) is 35.7 Å². The Morgan fingerprint density at radius 2 is 1.81 bits per heavy atom. The molecular weight excluding hydrogens is 406 g/mol. The number of carbonyl (C=O) groups excluding carboxylic acids is 2. The Kier molecular flexibility index (Phi) is 6.47. The van der Waals surface area contributed by atoms with Crippen molar-refractivity contribution in [1.29, 1.82) is 0 Å². The lowest BCUT2D eigenvalue weighted by molar-refractivity contribution is -0.133. The first-order valence-corrected chi connectivity index (χ1v) is 11.6. The van der Waals surface area contributed by atoms with Crippen molar-refractivity contribution in [1.82, 2.24) is 15.2 Å². The van der Waals surface area contributed by atoms with Gasteiger partial charge in [-0.15, -0.1) is 11.3 Å². The molecule has 0 atom stereocenters. The van der Waals surface area contributed by atoms with Gasteiger partial charge in [-0.05, 0) is 60.9 Å².